The molecule has 0 unspecified atom stereocenters. The Morgan fingerprint density at radius 1 is 1.09 bits per heavy atom. The Labute approximate surface area is 202 Å². The van der Waals surface area contributed by atoms with Crippen molar-refractivity contribution in [1.82, 2.24) is 4.31 Å². The van der Waals surface area contributed by atoms with Crippen LogP contribution in [-0.2, 0) is 19.6 Å². The smallest absolute Gasteiger partial charge is 0.338 e. The first-order valence-electron chi connectivity index (χ1n) is 11.8. The molecule has 0 aliphatic carbocycles. The Balaban J connectivity index is 1.66. The van der Waals surface area contributed by atoms with E-state index in [1.54, 1.807) is 24.3 Å². The average molecular weight is 487 g/mol. The monoisotopic (exact) mass is 486 g/mol. The predicted octanol–water partition coefficient (Wildman–Crippen LogP) is 4.61. The summed E-state index contributed by atoms with van der Waals surface area (Å²) in [7, 11) is -3.70. The van der Waals surface area contributed by atoms with E-state index in [0.717, 1.165) is 29.5 Å². The van der Waals surface area contributed by atoms with Crippen LogP contribution in [0.2, 0.25) is 0 Å². The zero-order chi connectivity index (χ0) is 24.9. The van der Waals surface area contributed by atoms with Crippen LogP contribution in [0.5, 0.6) is 0 Å². The second-order valence-corrected chi connectivity index (χ2v) is 10.9. The lowest BCUT2D eigenvalue weighted by Gasteiger charge is -2.32. The van der Waals surface area contributed by atoms with Gasteiger partial charge in [0.05, 0.1) is 23.0 Å². The minimum atomic E-state index is -3.70. The van der Waals surface area contributed by atoms with Gasteiger partial charge in [-0.1, -0.05) is 31.0 Å². The number of esters is 1. The second kappa shape index (κ2) is 11.1. The number of carbonyl (C=O) groups excluding carboxylic acids is 2. The molecule has 2 aromatic rings. The molecule has 0 aromatic heterocycles. The molecular formula is C26H34N2O5S. The molecule has 1 atom stereocenters. The van der Waals surface area contributed by atoms with Crippen LogP contribution in [-0.4, -0.2) is 44.3 Å². The summed E-state index contributed by atoms with van der Waals surface area (Å²) in [6.45, 7) is 8.51. The van der Waals surface area contributed by atoms with Gasteiger partial charge in [-0.15, -0.1) is 0 Å². The third-order valence-corrected chi connectivity index (χ3v) is 8.25. The van der Waals surface area contributed by atoms with Crippen molar-refractivity contribution in [1.29, 1.82) is 0 Å². The molecule has 0 bridgehead atoms. The van der Waals surface area contributed by atoms with Crippen LogP contribution >= 0.6 is 0 Å². The lowest BCUT2D eigenvalue weighted by molar-refractivity contribution is -0.120. The van der Waals surface area contributed by atoms with Gasteiger partial charge in [0.2, 0.25) is 15.9 Å². The van der Waals surface area contributed by atoms with Gasteiger partial charge in [0.15, 0.2) is 0 Å². The number of piperidine rings is 1. The molecular weight excluding hydrogens is 452 g/mol. The third-order valence-electron chi connectivity index (χ3n) is 6.08. The van der Waals surface area contributed by atoms with Gasteiger partial charge in [-0.3, -0.25) is 4.79 Å². The first kappa shape index (κ1) is 25.9. The first-order chi connectivity index (χ1) is 16.1. The molecule has 184 valence electrons. The van der Waals surface area contributed by atoms with Gasteiger partial charge in [0.25, 0.3) is 0 Å². The number of hydrogen-bond acceptors (Lipinski definition) is 5. The highest BCUT2D eigenvalue weighted by Crippen LogP contribution is 2.29. The zero-order valence-corrected chi connectivity index (χ0v) is 21.2. The van der Waals surface area contributed by atoms with Crippen LogP contribution in [0.4, 0.5) is 5.69 Å². The summed E-state index contributed by atoms with van der Waals surface area (Å²) < 4.78 is 33.5. The van der Waals surface area contributed by atoms with Gasteiger partial charge < -0.3 is 10.1 Å². The van der Waals surface area contributed by atoms with E-state index in [1.165, 1.54) is 4.31 Å². The van der Waals surface area contributed by atoms with E-state index in [9.17, 15) is 18.0 Å². The van der Waals surface area contributed by atoms with Crippen molar-refractivity contribution in [2.75, 3.05) is 25.0 Å². The standard InChI is InChI=1S/C26H34N2O5S/c1-5-6-14-33-26(30)21-9-11-23(12-10-21)27-25(29)22-8-7-13-28(17-22)34(31,32)24-19(3)15-18(2)16-20(24)4/h9-12,15-16,22H,5-8,13-14,17H2,1-4H3,(H,27,29)/t22-/m0/s1. The maximum absolute atomic E-state index is 13.4. The van der Waals surface area contributed by atoms with Crippen molar-refractivity contribution in [2.45, 2.75) is 58.3 Å². The van der Waals surface area contributed by atoms with Crippen molar-refractivity contribution < 1.29 is 22.7 Å². The Bertz CT molecular complexity index is 1120. The minimum absolute atomic E-state index is 0.142. The largest absolute Gasteiger partial charge is 0.462 e. The molecule has 1 N–H and O–H groups in total. The number of rotatable bonds is 8. The number of carbonyl (C=O) groups is 2. The lowest BCUT2D eigenvalue weighted by atomic mass is 9.98. The normalized spacial score (nSPS) is 16.8. The van der Waals surface area contributed by atoms with Crippen molar-refractivity contribution in [3.63, 3.8) is 0 Å². The number of nitrogens with one attached hydrogen (secondary N) is 1. The molecule has 0 spiro atoms. The van der Waals surface area contributed by atoms with E-state index in [2.05, 4.69) is 5.32 Å². The van der Waals surface area contributed by atoms with Crippen molar-refractivity contribution in [3.05, 3.63) is 58.7 Å². The van der Waals surface area contributed by atoms with E-state index >= 15 is 0 Å². The third kappa shape index (κ3) is 6.04. The highest BCUT2D eigenvalue weighted by Gasteiger charge is 2.34. The summed E-state index contributed by atoms with van der Waals surface area (Å²) in [5, 5.41) is 2.86. The van der Waals surface area contributed by atoms with Gasteiger partial charge in [-0.05, 0) is 75.4 Å². The number of hydrogen-bond donors (Lipinski definition) is 1. The second-order valence-electron chi connectivity index (χ2n) is 8.99. The van der Waals surface area contributed by atoms with E-state index in [1.807, 2.05) is 39.8 Å². The Morgan fingerprint density at radius 2 is 1.74 bits per heavy atom. The van der Waals surface area contributed by atoms with Gasteiger partial charge in [-0.2, -0.15) is 4.31 Å². The molecule has 1 saturated heterocycles. The molecule has 34 heavy (non-hydrogen) atoms. The number of aryl methyl sites for hydroxylation is 3. The number of ether oxygens (including phenoxy) is 1. The minimum Gasteiger partial charge on any atom is -0.462 e. The molecule has 1 aliphatic heterocycles. The zero-order valence-electron chi connectivity index (χ0n) is 20.4. The summed E-state index contributed by atoms with van der Waals surface area (Å²) in [5.41, 5.74) is 3.44. The fourth-order valence-corrected chi connectivity index (χ4v) is 6.34. The van der Waals surface area contributed by atoms with E-state index in [-0.39, 0.29) is 18.4 Å². The summed E-state index contributed by atoms with van der Waals surface area (Å²) in [4.78, 5) is 25.3. The number of nitrogens with zero attached hydrogens (tertiary/aromatic N) is 1. The van der Waals surface area contributed by atoms with Crippen LogP contribution in [0.25, 0.3) is 0 Å². The maximum atomic E-state index is 13.4. The fraction of sp³-hybridized carbons (Fsp3) is 0.462. The summed E-state index contributed by atoms with van der Waals surface area (Å²) in [5.74, 6) is -1.06. The van der Waals surface area contributed by atoms with Gasteiger partial charge in [0.1, 0.15) is 0 Å². The lowest BCUT2D eigenvalue weighted by Crippen LogP contribution is -2.44. The van der Waals surface area contributed by atoms with Crippen LogP contribution < -0.4 is 5.32 Å². The quantitative estimate of drug-likeness (QED) is 0.435. The number of unbranched alkanes of at least 4 members (excludes halogenated alkanes) is 1. The number of amides is 1. The van der Waals surface area contributed by atoms with Crippen LogP contribution in [0.3, 0.4) is 0 Å². The average Bonchev–Trinajstić information content (AvgIpc) is 2.79. The number of benzene rings is 2. The topological polar surface area (TPSA) is 92.8 Å². The van der Waals surface area contributed by atoms with Crippen LogP contribution in [0, 0.1) is 26.7 Å². The Hall–Kier alpha value is -2.71. The van der Waals surface area contributed by atoms with Crippen LogP contribution in [0.15, 0.2) is 41.3 Å². The Kier molecular flexibility index (Phi) is 8.49. The molecule has 3 rings (SSSR count). The van der Waals surface area contributed by atoms with Crippen molar-refractivity contribution >= 4 is 27.6 Å². The molecule has 0 saturated carbocycles. The maximum Gasteiger partial charge on any atom is 0.338 e. The fourth-order valence-electron chi connectivity index (χ4n) is 4.40. The summed E-state index contributed by atoms with van der Waals surface area (Å²) in [6, 6.07) is 10.3. The predicted molar refractivity (Wildman–Crippen MR) is 132 cm³/mol. The number of anilines is 1. The Morgan fingerprint density at radius 3 is 2.35 bits per heavy atom. The first-order valence-corrected chi connectivity index (χ1v) is 13.2. The van der Waals surface area contributed by atoms with E-state index in [0.29, 0.717) is 42.1 Å². The molecule has 2 aromatic carbocycles. The highest BCUT2D eigenvalue weighted by molar-refractivity contribution is 7.89. The SMILES string of the molecule is CCCCOC(=O)c1ccc(NC(=O)[C@H]2CCCN(S(=O)(=O)c3c(C)cc(C)cc3C)C2)cc1. The van der Waals surface area contributed by atoms with E-state index in [4.69, 9.17) is 4.74 Å². The van der Waals surface area contributed by atoms with Gasteiger partial charge in [-0.25, -0.2) is 13.2 Å². The molecule has 1 fully saturated rings. The van der Waals surface area contributed by atoms with Gasteiger partial charge in [0, 0.05) is 18.8 Å². The molecule has 1 aliphatic rings. The molecule has 0 radical (unpaired) electrons. The summed E-state index contributed by atoms with van der Waals surface area (Å²) in [6.07, 6.45) is 2.99. The van der Waals surface area contributed by atoms with Crippen molar-refractivity contribution in [3.8, 4) is 0 Å². The number of sulfonamides is 1. The molecule has 7 nitrogen and oxygen atoms in total. The van der Waals surface area contributed by atoms with Crippen LogP contribution in [0.1, 0.15) is 59.7 Å². The molecule has 1 amide bonds. The molecule has 8 heteroatoms. The van der Waals surface area contributed by atoms with Crippen molar-refractivity contribution in [2.24, 2.45) is 5.92 Å². The van der Waals surface area contributed by atoms with E-state index < -0.39 is 15.9 Å². The molecule has 1 heterocycles. The highest BCUT2D eigenvalue weighted by atomic mass is 32.2. The van der Waals surface area contributed by atoms with Gasteiger partial charge >= 0.3 is 5.97 Å². The summed E-state index contributed by atoms with van der Waals surface area (Å²) >= 11 is 0.